The van der Waals surface area contributed by atoms with Gasteiger partial charge in [0.2, 0.25) is 0 Å². The number of fused-ring (bicyclic) bond motifs is 12. The Morgan fingerprint density at radius 2 is 0.312 bits per heavy atom. The summed E-state index contributed by atoms with van der Waals surface area (Å²) in [6.45, 7) is 0. The lowest BCUT2D eigenvalue weighted by Gasteiger charge is -2.30. The molecule has 0 aliphatic rings. The molecule has 0 saturated carbocycles. The maximum Gasteiger partial charge on any atom is 0.0541 e. The Balaban J connectivity index is 0.667. The average molecular weight is 1910 g/mol. The molecule has 0 bridgehead atoms. The Morgan fingerprint density at radius 3 is 0.562 bits per heavy atom. The van der Waals surface area contributed by atoms with Crippen LogP contribution in [0.1, 0.15) is 0 Å². The van der Waals surface area contributed by atoms with E-state index < -0.39 is 0 Å². The van der Waals surface area contributed by atoms with Crippen LogP contribution < -0.4 is 0 Å². The number of benzene rings is 23. The van der Waals surface area contributed by atoms with Gasteiger partial charge in [-0.15, -0.1) is 22.7 Å². The average Bonchev–Trinajstić information content (AvgIpc) is 0.949. The minimum atomic E-state index is 0.662. The summed E-state index contributed by atoms with van der Waals surface area (Å²) in [6, 6.07) is 193. The van der Waals surface area contributed by atoms with Gasteiger partial charge in [-0.3, -0.25) is 0 Å². The number of para-hydroxylation sites is 2. The molecule has 23 aromatic carbocycles. The van der Waals surface area contributed by atoms with Crippen LogP contribution in [0.4, 0.5) is 0 Å². The standard InChI is InChI=1S/C138H86Cl2N2S2/c139-103-75-65-97(66-76-103)131-125(91-41-17-5-18-42-91)123(89-37-13-3-14-38-89)129(127(93-45-21-7-22-46-93)133(131)99-69-79-105(80-70-99)141-119-59-27-25-49-111(119)117-85-101(73-83-121(117)141)109-53-31-57-115-113-55-29-51-107(135(113)143-137(109)115)87-33-9-1-10-34-87)95-61-63-96(64-62-95)130-124(90-39-15-4-16-40-90)126(92-43-19-6-20-44-92)132(98-67-77-104(140)78-68-98)134(128(130)94-47-23-8-24-48-94)100-71-81-106(82-72-100)142-120-60-28-26-50-112(120)118-86-102(74-84-122(118)142)110-54-32-58-116-114-56-30-52-108(136(114)144-138(110)116)88-35-11-2-12-36-88/h1-86H. The van der Waals surface area contributed by atoms with E-state index in [1.807, 2.05) is 46.9 Å². The van der Waals surface area contributed by atoms with Crippen molar-refractivity contribution in [1.29, 1.82) is 0 Å². The van der Waals surface area contributed by atoms with E-state index in [2.05, 4.69) is 507 Å². The molecule has 0 fully saturated rings. The second-order valence-electron chi connectivity index (χ2n) is 37.2. The van der Waals surface area contributed by atoms with Crippen molar-refractivity contribution in [3.63, 3.8) is 0 Å². The Bertz CT molecular complexity index is 9100. The van der Waals surface area contributed by atoms with E-state index in [1.54, 1.807) is 0 Å². The van der Waals surface area contributed by atoms with E-state index in [1.165, 1.54) is 106 Å². The summed E-state index contributed by atoms with van der Waals surface area (Å²) in [6.07, 6.45) is 0. The molecule has 4 aromatic heterocycles. The van der Waals surface area contributed by atoms with Crippen molar-refractivity contribution in [3.8, 4) is 189 Å². The van der Waals surface area contributed by atoms with Gasteiger partial charge in [-0.25, -0.2) is 0 Å². The first-order valence-electron chi connectivity index (χ1n) is 49.0. The first-order valence-corrected chi connectivity index (χ1v) is 51.4. The van der Waals surface area contributed by atoms with Gasteiger partial charge < -0.3 is 9.13 Å². The highest BCUT2D eigenvalue weighted by molar-refractivity contribution is 7.27. The van der Waals surface area contributed by atoms with E-state index in [4.69, 9.17) is 23.2 Å². The van der Waals surface area contributed by atoms with Crippen LogP contribution in [0.5, 0.6) is 0 Å². The Hall–Kier alpha value is -17.3. The highest BCUT2D eigenvalue weighted by Gasteiger charge is 2.34. The summed E-state index contributed by atoms with van der Waals surface area (Å²) in [5, 5.41) is 11.2. The fourth-order valence-corrected chi connectivity index (χ4v) is 25.8. The maximum absolute atomic E-state index is 7.09. The largest absolute Gasteiger partial charge is 0.309 e. The van der Waals surface area contributed by atoms with Crippen molar-refractivity contribution < 1.29 is 0 Å². The lowest BCUT2D eigenvalue weighted by atomic mass is 9.73. The van der Waals surface area contributed by atoms with E-state index in [-0.39, 0.29) is 0 Å². The molecule has 0 saturated heterocycles. The van der Waals surface area contributed by atoms with Gasteiger partial charge in [0.25, 0.3) is 0 Å². The van der Waals surface area contributed by atoms with Gasteiger partial charge in [0.1, 0.15) is 0 Å². The molecular weight excluding hydrogens is 1820 g/mol. The molecule has 0 atom stereocenters. The first-order chi connectivity index (χ1) is 71.3. The molecule has 0 radical (unpaired) electrons. The molecule has 4 heterocycles. The fraction of sp³-hybridized carbons (Fsp3) is 0. The number of halogens is 2. The number of thiophene rings is 2. The SMILES string of the molecule is Clc1ccc(-c2c(-c3ccccc3)c(-c3ccccc3)c(-c3ccc(-c4c(-c5ccccc5)c(-c5ccccc5)c(-c5ccc(Cl)cc5)c(-c5ccc(-n6c7ccccc7c7cc(-c8cccc9c8sc8c(-c%10ccccc%10)cccc89)ccc76)cc5)c4-c4ccccc4)cc3)c(-c3ccccc3)c2-c2ccc(-n3c4ccccc4c4cc(-c5cccc6c5sc5c(-c7ccccc7)cccc56)ccc43)cc2)cc1. The predicted molar refractivity (Wildman–Crippen MR) is 618 cm³/mol. The Morgan fingerprint density at radius 1 is 0.132 bits per heavy atom. The van der Waals surface area contributed by atoms with E-state index in [0.29, 0.717) is 10.0 Å². The van der Waals surface area contributed by atoms with E-state index in [0.717, 1.165) is 167 Å². The number of hydrogen-bond acceptors (Lipinski definition) is 2. The predicted octanol–water partition coefficient (Wildman–Crippen LogP) is 40.6. The summed E-state index contributed by atoms with van der Waals surface area (Å²) in [7, 11) is 0. The zero-order valence-corrected chi connectivity index (χ0v) is 81.3. The molecule has 0 spiro atoms. The summed E-state index contributed by atoms with van der Waals surface area (Å²) >= 11 is 18.0. The highest BCUT2D eigenvalue weighted by Crippen LogP contribution is 2.61. The third-order valence-corrected chi connectivity index (χ3v) is 32.2. The monoisotopic (exact) mass is 1900 g/mol. The molecule has 0 aliphatic heterocycles. The third kappa shape index (κ3) is 14.7. The van der Waals surface area contributed by atoms with Gasteiger partial charge in [-0.2, -0.15) is 0 Å². The summed E-state index contributed by atoms with van der Waals surface area (Å²) < 4.78 is 10.1. The van der Waals surface area contributed by atoms with Crippen LogP contribution in [-0.2, 0) is 0 Å². The highest BCUT2D eigenvalue weighted by atomic mass is 35.5. The van der Waals surface area contributed by atoms with E-state index in [9.17, 15) is 0 Å². The Labute approximate surface area is 853 Å². The zero-order chi connectivity index (χ0) is 95.4. The molecule has 0 N–H and O–H groups in total. The number of hydrogen-bond donors (Lipinski definition) is 0. The van der Waals surface area contributed by atoms with Crippen LogP contribution in [-0.4, -0.2) is 9.13 Å². The molecule has 674 valence electrons. The van der Waals surface area contributed by atoms with Gasteiger partial charge in [0.15, 0.2) is 0 Å². The van der Waals surface area contributed by atoms with Crippen molar-refractivity contribution in [2.75, 3.05) is 0 Å². The number of nitrogens with zero attached hydrogens (tertiary/aromatic N) is 2. The number of aromatic nitrogens is 2. The molecule has 0 amide bonds. The maximum atomic E-state index is 7.09. The van der Waals surface area contributed by atoms with Gasteiger partial charge in [-0.1, -0.05) is 460 Å². The van der Waals surface area contributed by atoms with E-state index >= 15 is 0 Å². The quantitative estimate of drug-likeness (QED) is 0.0810. The smallest absolute Gasteiger partial charge is 0.0541 e. The lowest BCUT2D eigenvalue weighted by molar-refractivity contribution is 1.18. The molecule has 27 aromatic rings. The molecule has 144 heavy (non-hydrogen) atoms. The van der Waals surface area contributed by atoms with Crippen LogP contribution in [0, 0.1) is 0 Å². The van der Waals surface area contributed by atoms with Gasteiger partial charge in [0, 0.05) is 83.3 Å². The van der Waals surface area contributed by atoms with Crippen LogP contribution in [0.15, 0.2) is 522 Å². The van der Waals surface area contributed by atoms with Crippen LogP contribution in [0.2, 0.25) is 10.0 Å². The second kappa shape index (κ2) is 36.1. The third-order valence-electron chi connectivity index (χ3n) is 29.1. The van der Waals surface area contributed by atoms with Crippen LogP contribution >= 0.6 is 45.9 Å². The fourth-order valence-electron chi connectivity index (χ4n) is 22.8. The molecule has 0 unspecified atom stereocenters. The first kappa shape index (κ1) is 85.8. The van der Waals surface area contributed by atoms with Crippen molar-refractivity contribution in [3.05, 3.63) is 532 Å². The minimum absolute atomic E-state index is 0.662. The normalized spacial score (nSPS) is 11.7. The topological polar surface area (TPSA) is 9.86 Å². The number of rotatable bonds is 18. The second-order valence-corrected chi connectivity index (χ2v) is 40.1. The lowest BCUT2D eigenvalue weighted by Crippen LogP contribution is -2.03. The van der Waals surface area contributed by atoms with Gasteiger partial charge >= 0.3 is 0 Å². The van der Waals surface area contributed by atoms with Crippen LogP contribution in [0.25, 0.3) is 273 Å². The van der Waals surface area contributed by atoms with Crippen LogP contribution in [0.3, 0.4) is 0 Å². The van der Waals surface area contributed by atoms with Crippen molar-refractivity contribution in [2.45, 2.75) is 0 Å². The molecule has 2 nitrogen and oxygen atoms in total. The summed E-state index contributed by atoms with van der Waals surface area (Å²) in [5.41, 5.74) is 42.3. The molecular formula is C138H86Cl2N2S2. The summed E-state index contributed by atoms with van der Waals surface area (Å²) in [4.78, 5) is 0. The minimum Gasteiger partial charge on any atom is -0.309 e. The zero-order valence-electron chi connectivity index (χ0n) is 78.1. The molecule has 0 aliphatic carbocycles. The van der Waals surface area contributed by atoms with Gasteiger partial charge in [-0.05, 0) is 263 Å². The molecule has 6 heteroatoms. The van der Waals surface area contributed by atoms with Crippen molar-refractivity contribution >= 4 is 130 Å². The Kier molecular flexibility index (Phi) is 21.5. The molecule has 27 rings (SSSR count). The summed E-state index contributed by atoms with van der Waals surface area (Å²) in [5.74, 6) is 0. The van der Waals surface area contributed by atoms with Crippen molar-refractivity contribution in [2.24, 2.45) is 0 Å². The van der Waals surface area contributed by atoms with Gasteiger partial charge in [0.05, 0.1) is 22.1 Å². The van der Waals surface area contributed by atoms with Crippen molar-refractivity contribution in [1.82, 2.24) is 9.13 Å².